The van der Waals surface area contributed by atoms with Crippen molar-refractivity contribution in [3.8, 4) is 0 Å². The van der Waals surface area contributed by atoms with E-state index in [1.54, 1.807) is 6.26 Å². The van der Waals surface area contributed by atoms with Crippen LogP contribution in [0.5, 0.6) is 0 Å². The third-order valence-electron chi connectivity index (χ3n) is 6.73. The summed E-state index contributed by atoms with van der Waals surface area (Å²) < 4.78 is 17.9. The molecule has 2 aliphatic carbocycles. The van der Waals surface area contributed by atoms with Crippen LogP contribution in [0.1, 0.15) is 63.5 Å². The minimum atomic E-state index is -0.983. The van der Waals surface area contributed by atoms with Gasteiger partial charge in [0.15, 0.2) is 0 Å². The number of fused-ring (bicyclic) bond motifs is 1. The van der Waals surface area contributed by atoms with E-state index in [-0.39, 0.29) is 18.0 Å². The molecule has 132 valence electrons. The Bertz CT molecular complexity index is 703. The van der Waals surface area contributed by atoms with Gasteiger partial charge in [-0.2, -0.15) is 0 Å². The number of carbonyl (C=O) groups excluding carboxylic acids is 1. The number of hydrogen-bond acceptors (Lipinski definition) is 5. The predicted octanol–water partition coefficient (Wildman–Crippen LogP) is 3.07. The average Bonchev–Trinajstić information content (AvgIpc) is 3.10. The van der Waals surface area contributed by atoms with Gasteiger partial charge in [0.05, 0.1) is 29.3 Å². The SMILES string of the molecule is Cc1coc2c1C(OC(=O)C(C)C)C1(C)C(C)(O)CCC3OC31C2. The fourth-order valence-corrected chi connectivity index (χ4v) is 4.89. The molecule has 1 aliphatic heterocycles. The molecule has 0 bridgehead atoms. The first-order valence-corrected chi connectivity index (χ1v) is 8.81. The normalized spacial score (nSPS) is 43.0. The monoisotopic (exact) mass is 334 g/mol. The van der Waals surface area contributed by atoms with E-state index in [2.05, 4.69) is 0 Å². The summed E-state index contributed by atoms with van der Waals surface area (Å²) in [6.07, 6.45) is 3.34. The Morgan fingerprint density at radius 1 is 1.42 bits per heavy atom. The molecular formula is C19H26O5. The van der Waals surface area contributed by atoms with Gasteiger partial charge < -0.3 is 19.0 Å². The van der Waals surface area contributed by atoms with Crippen LogP contribution in [-0.4, -0.2) is 28.4 Å². The smallest absolute Gasteiger partial charge is 0.309 e. The largest absolute Gasteiger partial charge is 0.469 e. The van der Waals surface area contributed by atoms with E-state index in [1.165, 1.54) is 0 Å². The maximum Gasteiger partial charge on any atom is 0.309 e. The van der Waals surface area contributed by atoms with Crippen LogP contribution in [-0.2, 0) is 20.7 Å². The molecule has 1 aromatic rings. The molecule has 1 saturated heterocycles. The van der Waals surface area contributed by atoms with Crippen LogP contribution in [0.2, 0.25) is 0 Å². The third-order valence-corrected chi connectivity index (χ3v) is 6.73. The molecule has 0 radical (unpaired) electrons. The Morgan fingerprint density at radius 2 is 2.12 bits per heavy atom. The molecule has 0 aromatic carbocycles. The summed E-state index contributed by atoms with van der Waals surface area (Å²) in [5.41, 5.74) is -0.318. The van der Waals surface area contributed by atoms with Gasteiger partial charge in [-0.25, -0.2) is 0 Å². The van der Waals surface area contributed by atoms with Crippen molar-refractivity contribution in [2.45, 2.75) is 77.3 Å². The van der Waals surface area contributed by atoms with Crippen LogP contribution in [0.4, 0.5) is 0 Å². The Kier molecular flexibility index (Phi) is 3.12. The van der Waals surface area contributed by atoms with Gasteiger partial charge in [-0.3, -0.25) is 4.79 Å². The highest BCUT2D eigenvalue weighted by Gasteiger charge is 2.79. The Balaban J connectivity index is 1.88. The molecule has 5 unspecified atom stereocenters. The molecule has 5 atom stereocenters. The second-order valence-corrected chi connectivity index (χ2v) is 8.41. The molecule has 0 amide bonds. The van der Waals surface area contributed by atoms with Crippen molar-refractivity contribution in [3.05, 3.63) is 23.2 Å². The lowest BCUT2D eigenvalue weighted by molar-refractivity contribution is -0.204. The lowest BCUT2D eigenvalue weighted by atomic mass is 9.51. The summed E-state index contributed by atoms with van der Waals surface area (Å²) in [4.78, 5) is 12.4. The Hall–Kier alpha value is -1.33. The number of ether oxygens (including phenoxy) is 2. The zero-order valence-corrected chi connectivity index (χ0v) is 15.0. The first-order chi connectivity index (χ1) is 11.1. The summed E-state index contributed by atoms with van der Waals surface area (Å²) in [7, 11) is 0. The van der Waals surface area contributed by atoms with Crippen LogP contribution < -0.4 is 0 Å². The van der Waals surface area contributed by atoms with Crippen molar-refractivity contribution in [2.24, 2.45) is 11.3 Å². The quantitative estimate of drug-likeness (QED) is 0.665. The zero-order chi connectivity index (χ0) is 17.5. The Morgan fingerprint density at radius 3 is 2.79 bits per heavy atom. The van der Waals surface area contributed by atoms with E-state index in [1.807, 2.05) is 34.6 Å². The Labute approximate surface area is 142 Å². The molecule has 1 saturated carbocycles. The van der Waals surface area contributed by atoms with Gasteiger partial charge in [0.1, 0.15) is 17.5 Å². The van der Waals surface area contributed by atoms with Crippen molar-refractivity contribution in [2.75, 3.05) is 0 Å². The van der Waals surface area contributed by atoms with Crippen LogP contribution in [0.15, 0.2) is 10.7 Å². The molecule has 5 heteroatoms. The highest BCUT2D eigenvalue weighted by molar-refractivity contribution is 5.72. The number of rotatable bonds is 2. The number of aliphatic hydroxyl groups is 1. The first kappa shape index (κ1) is 16.2. The molecule has 1 spiro atoms. The molecular weight excluding hydrogens is 308 g/mol. The standard InChI is InChI=1S/C19H26O5/c1-10(2)16(20)23-15-14-11(3)9-22-12(14)8-19-13(24-19)6-7-17(4,21)18(15,19)5/h9-10,13,15,21H,6-8H2,1-5H3. The molecule has 1 N–H and O–H groups in total. The van der Waals surface area contributed by atoms with Crippen LogP contribution in [0, 0.1) is 18.3 Å². The number of epoxide rings is 1. The van der Waals surface area contributed by atoms with Gasteiger partial charge in [0.2, 0.25) is 0 Å². The summed E-state index contributed by atoms with van der Waals surface area (Å²) in [5.74, 6) is 0.335. The summed E-state index contributed by atoms with van der Waals surface area (Å²) >= 11 is 0. The van der Waals surface area contributed by atoms with E-state index in [4.69, 9.17) is 13.9 Å². The van der Waals surface area contributed by atoms with Crippen LogP contribution in [0.3, 0.4) is 0 Å². The van der Waals surface area contributed by atoms with Crippen molar-refractivity contribution in [3.63, 3.8) is 0 Å². The molecule has 24 heavy (non-hydrogen) atoms. The highest BCUT2D eigenvalue weighted by Crippen LogP contribution is 2.70. The predicted molar refractivity (Wildman–Crippen MR) is 86.4 cm³/mol. The zero-order valence-electron chi connectivity index (χ0n) is 15.0. The van der Waals surface area contributed by atoms with E-state index >= 15 is 0 Å². The number of aryl methyl sites for hydroxylation is 1. The van der Waals surface area contributed by atoms with E-state index in [9.17, 15) is 9.90 Å². The van der Waals surface area contributed by atoms with Gasteiger partial charge in [-0.05, 0) is 32.3 Å². The second-order valence-electron chi connectivity index (χ2n) is 8.41. The first-order valence-electron chi connectivity index (χ1n) is 8.81. The fraction of sp³-hybridized carbons (Fsp3) is 0.737. The van der Waals surface area contributed by atoms with Gasteiger partial charge in [-0.1, -0.05) is 20.8 Å². The number of carbonyl (C=O) groups is 1. The summed E-state index contributed by atoms with van der Waals surface area (Å²) in [5, 5.41) is 11.3. The minimum absolute atomic E-state index is 0.0986. The van der Waals surface area contributed by atoms with E-state index in [0.29, 0.717) is 12.8 Å². The van der Waals surface area contributed by atoms with Crippen molar-refractivity contribution in [1.29, 1.82) is 0 Å². The number of furan rings is 1. The minimum Gasteiger partial charge on any atom is -0.469 e. The fourth-order valence-electron chi connectivity index (χ4n) is 4.89. The molecule has 2 fully saturated rings. The lowest BCUT2D eigenvalue weighted by Gasteiger charge is -2.55. The second kappa shape index (κ2) is 4.64. The molecule has 2 heterocycles. The van der Waals surface area contributed by atoms with Crippen LogP contribution >= 0.6 is 0 Å². The number of esters is 1. The summed E-state index contributed by atoms with van der Waals surface area (Å²) in [6.45, 7) is 9.47. The van der Waals surface area contributed by atoms with Gasteiger partial charge in [0, 0.05) is 12.0 Å². The average molecular weight is 334 g/mol. The molecule has 4 rings (SSSR count). The summed E-state index contributed by atoms with van der Waals surface area (Å²) in [6, 6.07) is 0. The topological polar surface area (TPSA) is 72.2 Å². The van der Waals surface area contributed by atoms with E-state index in [0.717, 1.165) is 23.3 Å². The van der Waals surface area contributed by atoms with Crippen LogP contribution in [0.25, 0.3) is 0 Å². The maximum absolute atomic E-state index is 12.4. The molecule has 5 nitrogen and oxygen atoms in total. The van der Waals surface area contributed by atoms with Crippen molar-refractivity contribution < 1.29 is 23.8 Å². The van der Waals surface area contributed by atoms with Gasteiger partial charge in [0.25, 0.3) is 0 Å². The van der Waals surface area contributed by atoms with Gasteiger partial charge >= 0.3 is 5.97 Å². The van der Waals surface area contributed by atoms with Crippen molar-refractivity contribution >= 4 is 5.97 Å². The number of hydrogen-bond donors (Lipinski definition) is 1. The maximum atomic E-state index is 12.4. The third kappa shape index (κ3) is 1.75. The molecule has 1 aromatic heterocycles. The van der Waals surface area contributed by atoms with Gasteiger partial charge in [-0.15, -0.1) is 0 Å². The highest BCUT2D eigenvalue weighted by atomic mass is 16.6. The van der Waals surface area contributed by atoms with Crippen molar-refractivity contribution in [1.82, 2.24) is 0 Å². The van der Waals surface area contributed by atoms with E-state index < -0.39 is 22.7 Å². The molecule has 3 aliphatic rings. The lowest BCUT2D eigenvalue weighted by Crippen LogP contribution is -2.63.